The van der Waals surface area contributed by atoms with E-state index in [-0.39, 0.29) is 5.75 Å². The number of likely N-dealkylation sites (N-methyl/N-ethyl adjacent to an activating group) is 1. The average molecular weight is 291 g/mol. The second-order valence-electron chi connectivity index (χ2n) is 4.01. The fraction of sp³-hybridized carbons (Fsp3) is 0.500. The third-order valence-corrected chi connectivity index (χ3v) is 4.25. The van der Waals surface area contributed by atoms with E-state index in [0.717, 1.165) is 5.69 Å². The van der Waals surface area contributed by atoms with E-state index in [0.29, 0.717) is 25.4 Å². The number of nitrogens with zero attached hydrogens (tertiary/aromatic N) is 1. The molecule has 0 unspecified atom stereocenters. The van der Waals surface area contributed by atoms with Gasteiger partial charge in [0.25, 0.3) is 0 Å². The fourth-order valence-electron chi connectivity index (χ4n) is 1.50. The van der Waals surface area contributed by atoms with E-state index in [1.807, 2.05) is 42.3 Å². The lowest BCUT2D eigenvalue weighted by Gasteiger charge is -2.19. The number of alkyl halides is 1. The first kappa shape index (κ1) is 15.3. The number of rotatable bonds is 8. The zero-order valence-corrected chi connectivity index (χ0v) is 12.0. The van der Waals surface area contributed by atoms with Gasteiger partial charge in [-0.2, -0.15) is 0 Å². The Hall–Kier alpha value is -0.780. The number of nitrogens with one attached hydrogen (secondary N) is 1. The van der Waals surface area contributed by atoms with Crippen LogP contribution in [0.25, 0.3) is 0 Å². The molecule has 0 aromatic heterocycles. The Bertz CT molecular complexity index is 437. The number of para-hydroxylation sites is 1. The Morgan fingerprint density at radius 2 is 1.94 bits per heavy atom. The summed E-state index contributed by atoms with van der Waals surface area (Å²) >= 11 is 5.47. The van der Waals surface area contributed by atoms with Gasteiger partial charge in [0, 0.05) is 31.7 Å². The van der Waals surface area contributed by atoms with Crippen LogP contribution in [0.5, 0.6) is 0 Å². The van der Waals surface area contributed by atoms with Crippen molar-refractivity contribution in [3.05, 3.63) is 30.3 Å². The predicted molar refractivity (Wildman–Crippen MR) is 76.8 cm³/mol. The van der Waals surface area contributed by atoms with E-state index < -0.39 is 10.0 Å². The Morgan fingerprint density at radius 1 is 1.28 bits per heavy atom. The first-order valence-corrected chi connectivity index (χ1v) is 8.03. The SMILES string of the molecule is CN(CCNS(=O)(=O)CCCCl)c1ccccc1. The quantitative estimate of drug-likeness (QED) is 0.741. The van der Waals surface area contributed by atoms with Crippen molar-refractivity contribution in [1.29, 1.82) is 0 Å². The highest BCUT2D eigenvalue weighted by atomic mass is 35.5. The lowest BCUT2D eigenvalue weighted by molar-refractivity contribution is 0.580. The van der Waals surface area contributed by atoms with Crippen molar-refractivity contribution in [2.45, 2.75) is 6.42 Å². The Morgan fingerprint density at radius 3 is 2.56 bits per heavy atom. The molecule has 0 saturated carbocycles. The van der Waals surface area contributed by atoms with Crippen LogP contribution < -0.4 is 9.62 Å². The third-order valence-electron chi connectivity index (χ3n) is 2.51. The van der Waals surface area contributed by atoms with Gasteiger partial charge in [0.2, 0.25) is 10.0 Å². The summed E-state index contributed by atoms with van der Waals surface area (Å²) < 4.78 is 25.6. The van der Waals surface area contributed by atoms with Crippen LogP contribution in [-0.2, 0) is 10.0 Å². The van der Waals surface area contributed by atoms with Gasteiger partial charge >= 0.3 is 0 Å². The van der Waals surface area contributed by atoms with E-state index in [1.54, 1.807) is 0 Å². The summed E-state index contributed by atoms with van der Waals surface area (Å²) in [4.78, 5) is 2.00. The Kier molecular flexibility index (Phi) is 6.46. The number of halogens is 1. The minimum absolute atomic E-state index is 0.0888. The Labute approximate surface area is 114 Å². The van der Waals surface area contributed by atoms with Gasteiger partial charge in [0.05, 0.1) is 5.75 Å². The van der Waals surface area contributed by atoms with Gasteiger partial charge in [-0.05, 0) is 18.6 Å². The molecule has 6 heteroatoms. The van der Waals surface area contributed by atoms with E-state index in [1.165, 1.54) is 0 Å². The highest BCUT2D eigenvalue weighted by molar-refractivity contribution is 7.89. The molecule has 4 nitrogen and oxygen atoms in total. The molecule has 0 heterocycles. The van der Waals surface area contributed by atoms with Crippen molar-refractivity contribution >= 4 is 27.3 Å². The van der Waals surface area contributed by atoms with Gasteiger partial charge in [-0.1, -0.05) is 18.2 Å². The van der Waals surface area contributed by atoms with E-state index in [9.17, 15) is 8.42 Å². The summed E-state index contributed by atoms with van der Waals surface area (Å²) in [7, 11) is -1.25. The summed E-state index contributed by atoms with van der Waals surface area (Å²) in [5, 5.41) is 0. The molecular weight excluding hydrogens is 272 g/mol. The maximum atomic E-state index is 11.5. The topological polar surface area (TPSA) is 49.4 Å². The fourth-order valence-corrected chi connectivity index (χ4v) is 2.86. The molecule has 0 spiro atoms. The van der Waals surface area contributed by atoms with Crippen LogP contribution in [-0.4, -0.2) is 40.2 Å². The van der Waals surface area contributed by atoms with Gasteiger partial charge in [-0.15, -0.1) is 11.6 Å². The van der Waals surface area contributed by atoms with E-state index >= 15 is 0 Å². The van der Waals surface area contributed by atoms with Gasteiger partial charge in [0.1, 0.15) is 0 Å². The number of hydrogen-bond acceptors (Lipinski definition) is 3. The summed E-state index contributed by atoms with van der Waals surface area (Å²) in [5.74, 6) is 0.455. The smallest absolute Gasteiger partial charge is 0.211 e. The average Bonchev–Trinajstić information content (AvgIpc) is 2.37. The monoisotopic (exact) mass is 290 g/mol. The molecule has 0 aliphatic carbocycles. The van der Waals surface area contributed by atoms with Crippen LogP contribution in [0.15, 0.2) is 30.3 Å². The molecule has 0 fully saturated rings. The minimum atomic E-state index is -3.18. The molecule has 102 valence electrons. The highest BCUT2D eigenvalue weighted by Gasteiger charge is 2.09. The second-order valence-corrected chi connectivity index (χ2v) is 6.32. The zero-order chi connectivity index (χ0) is 13.4. The van der Waals surface area contributed by atoms with Gasteiger partial charge < -0.3 is 4.90 Å². The molecule has 0 aliphatic rings. The van der Waals surface area contributed by atoms with Crippen molar-refractivity contribution < 1.29 is 8.42 Å². The van der Waals surface area contributed by atoms with Crippen LogP contribution in [0.3, 0.4) is 0 Å². The summed E-state index contributed by atoms with van der Waals surface area (Å²) in [5.41, 5.74) is 1.07. The number of sulfonamides is 1. The molecular formula is C12H19ClN2O2S. The summed E-state index contributed by atoms with van der Waals surface area (Å²) in [6, 6.07) is 9.84. The van der Waals surface area contributed by atoms with Crippen LogP contribution in [0.1, 0.15) is 6.42 Å². The largest absolute Gasteiger partial charge is 0.373 e. The normalized spacial score (nSPS) is 11.4. The summed E-state index contributed by atoms with van der Waals surface area (Å²) in [6.07, 6.45) is 0.478. The molecule has 18 heavy (non-hydrogen) atoms. The van der Waals surface area contributed by atoms with Gasteiger partial charge in [-0.25, -0.2) is 13.1 Å². The number of benzene rings is 1. The molecule has 0 aliphatic heterocycles. The maximum Gasteiger partial charge on any atom is 0.211 e. The molecule has 0 atom stereocenters. The predicted octanol–water partition coefficient (Wildman–Crippen LogP) is 1.67. The lowest BCUT2D eigenvalue weighted by Crippen LogP contribution is -2.34. The van der Waals surface area contributed by atoms with E-state index in [4.69, 9.17) is 11.6 Å². The van der Waals surface area contributed by atoms with Crippen molar-refractivity contribution in [3.8, 4) is 0 Å². The number of anilines is 1. The summed E-state index contributed by atoms with van der Waals surface area (Å²) in [6.45, 7) is 1.03. The third kappa shape index (κ3) is 5.71. The Balaban J connectivity index is 2.34. The van der Waals surface area contributed by atoms with Crippen molar-refractivity contribution in [2.24, 2.45) is 0 Å². The first-order chi connectivity index (χ1) is 8.55. The zero-order valence-electron chi connectivity index (χ0n) is 10.5. The molecule has 0 amide bonds. The van der Waals surface area contributed by atoms with Crippen molar-refractivity contribution in [2.75, 3.05) is 36.7 Å². The van der Waals surface area contributed by atoms with Crippen LogP contribution in [0, 0.1) is 0 Å². The van der Waals surface area contributed by atoms with Crippen molar-refractivity contribution in [3.63, 3.8) is 0 Å². The van der Waals surface area contributed by atoms with Crippen LogP contribution in [0.2, 0.25) is 0 Å². The maximum absolute atomic E-state index is 11.5. The molecule has 1 N–H and O–H groups in total. The molecule has 1 rings (SSSR count). The first-order valence-electron chi connectivity index (χ1n) is 5.84. The van der Waals surface area contributed by atoms with Gasteiger partial charge in [-0.3, -0.25) is 0 Å². The molecule has 1 aromatic carbocycles. The molecule has 0 saturated heterocycles. The second kappa shape index (κ2) is 7.61. The van der Waals surface area contributed by atoms with Crippen LogP contribution >= 0.6 is 11.6 Å². The molecule has 1 aromatic rings. The van der Waals surface area contributed by atoms with Gasteiger partial charge in [0.15, 0.2) is 0 Å². The minimum Gasteiger partial charge on any atom is -0.373 e. The van der Waals surface area contributed by atoms with Crippen LogP contribution in [0.4, 0.5) is 5.69 Å². The molecule has 0 radical (unpaired) electrons. The van der Waals surface area contributed by atoms with Crippen molar-refractivity contribution in [1.82, 2.24) is 4.72 Å². The molecule has 0 bridgehead atoms. The van der Waals surface area contributed by atoms with E-state index in [2.05, 4.69) is 4.72 Å². The number of hydrogen-bond donors (Lipinski definition) is 1. The standard InChI is InChI=1S/C12H19ClN2O2S/c1-15(12-6-3-2-4-7-12)10-9-14-18(16,17)11-5-8-13/h2-4,6-7,14H,5,8-11H2,1H3. The highest BCUT2D eigenvalue weighted by Crippen LogP contribution is 2.09. The lowest BCUT2D eigenvalue weighted by atomic mass is 10.3.